The fourth-order valence-corrected chi connectivity index (χ4v) is 3.29. The van der Waals surface area contributed by atoms with E-state index >= 15 is 0 Å². The summed E-state index contributed by atoms with van der Waals surface area (Å²) in [5, 5.41) is 1.71. The maximum absolute atomic E-state index is 11.1. The first-order chi connectivity index (χ1) is 10.7. The summed E-state index contributed by atoms with van der Waals surface area (Å²) in [5.74, 6) is -0.176. The minimum absolute atomic E-state index is 0.187. The number of carbonyl (C=O) groups is 1. The van der Waals surface area contributed by atoms with Crippen LogP contribution in [0.4, 0.5) is 0 Å². The van der Waals surface area contributed by atoms with Crippen LogP contribution in [0.5, 0.6) is 0 Å². The fourth-order valence-electron chi connectivity index (χ4n) is 2.55. The molecule has 0 aliphatic heterocycles. The van der Waals surface area contributed by atoms with Gasteiger partial charge in [0, 0.05) is 5.39 Å². The van der Waals surface area contributed by atoms with E-state index in [0.29, 0.717) is 0 Å². The average molecular weight is 308 g/mol. The number of para-hydroxylation sites is 3. The zero-order chi connectivity index (χ0) is 15.1. The molecule has 2 aromatic carbocycles. The number of hydrogen-bond acceptors (Lipinski definition) is 4. The number of imidazole rings is 1. The third-order valence-electron chi connectivity index (χ3n) is 3.46. The molecule has 0 radical (unpaired) electrons. The Morgan fingerprint density at radius 1 is 1.05 bits per heavy atom. The molecule has 0 saturated heterocycles. The zero-order valence-electron chi connectivity index (χ0n) is 11.6. The van der Waals surface area contributed by atoms with Crippen LogP contribution in [0.15, 0.2) is 53.7 Å². The molecule has 0 unspecified atom stereocenters. The summed E-state index contributed by atoms with van der Waals surface area (Å²) in [7, 11) is 0. The SMILES string of the molecule is NC(=O)CSc1nc2ccccc2c2nc3ccccc3n12. The smallest absolute Gasteiger partial charge is 0.227 e. The van der Waals surface area contributed by atoms with Gasteiger partial charge in [0.05, 0.1) is 22.3 Å². The Morgan fingerprint density at radius 3 is 2.59 bits per heavy atom. The number of thioether (sulfide) groups is 1. The third-order valence-corrected chi connectivity index (χ3v) is 4.42. The molecule has 0 aliphatic carbocycles. The van der Waals surface area contributed by atoms with Crippen molar-refractivity contribution in [3.63, 3.8) is 0 Å². The molecule has 22 heavy (non-hydrogen) atoms. The van der Waals surface area contributed by atoms with Gasteiger partial charge in [-0.2, -0.15) is 0 Å². The molecule has 6 heteroatoms. The number of nitrogens with zero attached hydrogens (tertiary/aromatic N) is 3. The molecule has 4 rings (SSSR count). The normalized spacial score (nSPS) is 11.5. The molecule has 0 atom stereocenters. The first-order valence-electron chi connectivity index (χ1n) is 6.81. The average Bonchev–Trinajstić information content (AvgIpc) is 2.92. The summed E-state index contributed by atoms with van der Waals surface area (Å²) < 4.78 is 1.99. The second-order valence-corrected chi connectivity index (χ2v) is 5.87. The molecular weight excluding hydrogens is 296 g/mol. The van der Waals surface area contributed by atoms with Crippen LogP contribution in [0.3, 0.4) is 0 Å². The molecule has 2 heterocycles. The minimum Gasteiger partial charge on any atom is -0.369 e. The predicted octanol–water partition coefficient (Wildman–Crippen LogP) is 2.61. The van der Waals surface area contributed by atoms with E-state index in [1.165, 1.54) is 11.8 Å². The van der Waals surface area contributed by atoms with Crippen molar-refractivity contribution in [1.29, 1.82) is 0 Å². The van der Waals surface area contributed by atoms with E-state index in [4.69, 9.17) is 10.7 Å². The highest BCUT2D eigenvalue weighted by Crippen LogP contribution is 2.28. The summed E-state index contributed by atoms with van der Waals surface area (Å²) >= 11 is 1.33. The van der Waals surface area contributed by atoms with E-state index in [1.807, 2.05) is 52.9 Å². The first-order valence-corrected chi connectivity index (χ1v) is 7.79. The number of benzene rings is 2. The topological polar surface area (TPSA) is 73.3 Å². The number of hydrogen-bond donors (Lipinski definition) is 1. The van der Waals surface area contributed by atoms with Crippen LogP contribution >= 0.6 is 11.8 Å². The van der Waals surface area contributed by atoms with Crippen LogP contribution in [0, 0.1) is 0 Å². The quantitative estimate of drug-likeness (QED) is 0.466. The molecule has 0 saturated carbocycles. The number of fused-ring (bicyclic) bond motifs is 5. The molecule has 0 bridgehead atoms. The molecular formula is C16H12N4OS. The molecule has 108 valence electrons. The summed E-state index contributed by atoms with van der Waals surface area (Å²) in [4.78, 5) is 20.5. The summed E-state index contributed by atoms with van der Waals surface area (Å²) in [5.41, 5.74) is 8.86. The largest absolute Gasteiger partial charge is 0.369 e. The van der Waals surface area contributed by atoms with Gasteiger partial charge in [0.15, 0.2) is 5.16 Å². The second-order valence-electron chi connectivity index (χ2n) is 4.93. The van der Waals surface area contributed by atoms with Crippen LogP contribution in [0.1, 0.15) is 0 Å². The molecule has 4 aromatic rings. The van der Waals surface area contributed by atoms with Crippen LogP contribution < -0.4 is 5.73 Å². The van der Waals surface area contributed by atoms with Gasteiger partial charge in [0.2, 0.25) is 5.91 Å². The van der Waals surface area contributed by atoms with Crippen molar-refractivity contribution in [2.45, 2.75) is 5.16 Å². The van der Waals surface area contributed by atoms with Crippen molar-refractivity contribution >= 4 is 45.3 Å². The van der Waals surface area contributed by atoms with Crippen molar-refractivity contribution in [1.82, 2.24) is 14.4 Å². The van der Waals surface area contributed by atoms with E-state index in [0.717, 1.165) is 32.7 Å². The Hall–Kier alpha value is -2.60. The number of amides is 1. The van der Waals surface area contributed by atoms with Gasteiger partial charge in [-0.1, -0.05) is 36.0 Å². The van der Waals surface area contributed by atoms with Gasteiger partial charge in [-0.05, 0) is 24.3 Å². The number of primary amides is 1. The van der Waals surface area contributed by atoms with Crippen LogP contribution in [0.2, 0.25) is 0 Å². The highest BCUT2D eigenvalue weighted by atomic mass is 32.2. The lowest BCUT2D eigenvalue weighted by Crippen LogP contribution is -2.13. The van der Waals surface area contributed by atoms with Crippen molar-refractivity contribution in [3.8, 4) is 0 Å². The molecule has 2 N–H and O–H groups in total. The second kappa shape index (κ2) is 4.99. The molecule has 2 aromatic heterocycles. The lowest BCUT2D eigenvalue weighted by atomic mass is 10.2. The van der Waals surface area contributed by atoms with Gasteiger partial charge in [-0.15, -0.1) is 0 Å². The van der Waals surface area contributed by atoms with Gasteiger partial charge in [-0.3, -0.25) is 9.20 Å². The monoisotopic (exact) mass is 308 g/mol. The Balaban J connectivity index is 2.11. The standard InChI is InChI=1S/C16H12N4OS/c17-14(21)9-22-16-19-11-6-2-1-5-10(11)15-18-12-7-3-4-8-13(12)20(15)16/h1-8H,9H2,(H2,17,21). The van der Waals surface area contributed by atoms with Gasteiger partial charge in [-0.25, -0.2) is 9.97 Å². The van der Waals surface area contributed by atoms with Crippen LogP contribution in [-0.4, -0.2) is 26.0 Å². The zero-order valence-corrected chi connectivity index (χ0v) is 12.4. The lowest BCUT2D eigenvalue weighted by molar-refractivity contribution is -0.115. The molecule has 1 amide bonds. The van der Waals surface area contributed by atoms with E-state index in [2.05, 4.69) is 4.98 Å². The predicted molar refractivity (Wildman–Crippen MR) is 87.9 cm³/mol. The highest BCUT2D eigenvalue weighted by Gasteiger charge is 2.14. The Morgan fingerprint density at radius 2 is 1.77 bits per heavy atom. The van der Waals surface area contributed by atoms with E-state index < -0.39 is 0 Å². The van der Waals surface area contributed by atoms with Crippen molar-refractivity contribution < 1.29 is 4.79 Å². The fraction of sp³-hybridized carbons (Fsp3) is 0.0625. The van der Waals surface area contributed by atoms with E-state index in [1.54, 1.807) is 0 Å². The number of nitrogens with two attached hydrogens (primary N) is 1. The van der Waals surface area contributed by atoms with Crippen LogP contribution in [0.25, 0.3) is 27.6 Å². The summed E-state index contributed by atoms with van der Waals surface area (Å²) in [6.45, 7) is 0. The van der Waals surface area contributed by atoms with Crippen molar-refractivity contribution in [3.05, 3.63) is 48.5 Å². The molecule has 0 fully saturated rings. The number of carbonyl (C=O) groups excluding carboxylic acids is 1. The van der Waals surface area contributed by atoms with E-state index in [-0.39, 0.29) is 11.7 Å². The number of rotatable bonds is 3. The van der Waals surface area contributed by atoms with Gasteiger partial charge < -0.3 is 5.73 Å². The maximum atomic E-state index is 11.1. The Labute approximate surface area is 130 Å². The molecule has 5 nitrogen and oxygen atoms in total. The molecule has 0 spiro atoms. The van der Waals surface area contributed by atoms with Gasteiger partial charge in [0.25, 0.3) is 0 Å². The lowest BCUT2D eigenvalue weighted by Gasteiger charge is -2.07. The van der Waals surface area contributed by atoms with Gasteiger partial charge in [0.1, 0.15) is 5.65 Å². The highest BCUT2D eigenvalue weighted by molar-refractivity contribution is 7.99. The van der Waals surface area contributed by atoms with Crippen molar-refractivity contribution in [2.24, 2.45) is 5.73 Å². The summed E-state index contributed by atoms with van der Waals surface area (Å²) in [6, 6.07) is 15.8. The molecule has 0 aliphatic rings. The van der Waals surface area contributed by atoms with Crippen molar-refractivity contribution in [2.75, 3.05) is 5.75 Å². The Bertz CT molecular complexity index is 1020. The first kappa shape index (κ1) is 13.1. The van der Waals surface area contributed by atoms with Crippen LogP contribution in [-0.2, 0) is 4.79 Å². The Kier molecular flexibility index (Phi) is 2.97. The number of aromatic nitrogens is 3. The minimum atomic E-state index is -0.363. The van der Waals surface area contributed by atoms with Gasteiger partial charge >= 0.3 is 0 Å². The maximum Gasteiger partial charge on any atom is 0.227 e. The summed E-state index contributed by atoms with van der Waals surface area (Å²) in [6.07, 6.45) is 0. The third kappa shape index (κ3) is 2.00. The van der Waals surface area contributed by atoms with E-state index in [9.17, 15) is 4.79 Å².